The SMILES string of the molecule is COCCN1CC(C)Oc2cc3c(cc21)CCN(N)CC3. The molecular weight excluding hydrogens is 266 g/mol. The molecule has 0 aliphatic carbocycles. The minimum absolute atomic E-state index is 0.212. The van der Waals surface area contributed by atoms with Crippen LogP contribution >= 0.6 is 0 Å². The first-order chi connectivity index (χ1) is 10.2. The summed E-state index contributed by atoms with van der Waals surface area (Å²) in [5.41, 5.74) is 3.99. The molecule has 21 heavy (non-hydrogen) atoms. The fraction of sp³-hybridized carbons (Fsp3) is 0.625. The van der Waals surface area contributed by atoms with Crippen molar-refractivity contribution in [1.82, 2.24) is 5.01 Å². The Morgan fingerprint density at radius 1 is 1.29 bits per heavy atom. The third-order valence-electron chi connectivity index (χ3n) is 4.33. The highest BCUT2D eigenvalue weighted by atomic mass is 16.5. The molecule has 2 heterocycles. The largest absolute Gasteiger partial charge is 0.487 e. The second-order valence-corrected chi connectivity index (χ2v) is 5.99. The Balaban J connectivity index is 1.91. The fourth-order valence-corrected chi connectivity index (χ4v) is 3.18. The lowest BCUT2D eigenvalue weighted by molar-refractivity contribution is 0.186. The zero-order valence-corrected chi connectivity index (χ0v) is 13.0. The number of hydrogen-bond acceptors (Lipinski definition) is 5. The molecule has 2 aliphatic heterocycles. The highest BCUT2D eigenvalue weighted by molar-refractivity contribution is 5.64. The van der Waals surface area contributed by atoms with Crippen molar-refractivity contribution in [2.75, 3.05) is 44.8 Å². The van der Waals surface area contributed by atoms with Crippen molar-refractivity contribution in [2.24, 2.45) is 5.84 Å². The molecule has 1 aromatic rings. The van der Waals surface area contributed by atoms with E-state index in [-0.39, 0.29) is 6.10 Å². The zero-order valence-electron chi connectivity index (χ0n) is 13.0. The summed E-state index contributed by atoms with van der Waals surface area (Å²) in [5, 5.41) is 1.91. The van der Waals surface area contributed by atoms with Crippen LogP contribution in [0.4, 0.5) is 5.69 Å². The minimum atomic E-state index is 0.212. The summed E-state index contributed by atoms with van der Waals surface area (Å²) in [6, 6.07) is 4.52. The van der Waals surface area contributed by atoms with E-state index in [1.807, 2.05) is 5.01 Å². The molecule has 5 heteroatoms. The smallest absolute Gasteiger partial charge is 0.143 e. The number of anilines is 1. The molecule has 0 saturated heterocycles. The van der Waals surface area contributed by atoms with Gasteiger partial charge in [0.15, 0.2) is 0 Å². The molecule has 0 bridgehead atoms. The van der Waals surface area contributed by atoms with E-state index in [0.29, 0.717) is 0 Å². The average molecular weight is 291 g/mol. The van der Waals surface area contributed by atoms with Gasteiger partial charge < -0.3 is 14.4 Å². The first-order valence-electron chi connectivity index (χ1n) is 7.73. The molecule has 0 spiro atoms. The van der Waals surface area contributed by atoms with Crippen molar-refractivity contribution in [1.29, 1.82) is 0 Å². The molecule has 0 fully saturated rings. The summed E-state index contributed by atoms with van der Waals surface area (Å²) in [4.78, 5) is 2.37. The van der Waals surface area contributed by atoms with E-state index in [1.54, 1.807) is 7.11 Å². The van der Waals surface area contributed by atoms with Gasteiger partial charge in [-0.1, -0.05) is 0 Å². The number of hydrogen-bond donors (Lipinski definition) is 1. The van der Waals surface area contributed by atoms with Gasteiger partial charge in [0, 0.05) is 26.7 Å². The van der Waals surface area contributed by atoms with E-state index >= 15 is 0 Å². The molecule has 0 saturated carbocycles. The van der Waals surface area contributed by atoms with Gasteiger partial charge in [-0.3, -0.25) is 5.84 Å². The number of rotatable bonds is 3. The molecule has 3 rings (SSSR count). The predicted molar refractivity (Wildman–Crippen MR) is 83.8 cm³/mol. The van der Waals surface area contributed by atoms with Crippen molar-refractivity contribution < 1.29 is 9.47 Å². The van der Waals surface area contributed by atoms with Crippen LogP contribution in [0, 0.1) is 0 Å². The molecule has 0 aromatic heterocycles. The van der Waals surface area contributed by atoms with Crippen molar-refractivity contribution in [3.63, 3.8) is 0 Å². The standard InChI is InChI=1S/C16H25N3O2/c1-12-11-18(7-8-20-2)15-9-13-3-5-19(17)6-4-14(13)10-16(15)21-12/h9-10,12H,3-8,11,17H2,1-2H3. The topological polar surface area (TPSA) is 51.0 Å². The lowest BCUT2D eigenvalue weighted by Gasteiger charge is -2.35. The number of ether oxygens (including phenoxy) is 2. The van der Waals surface area contributed by atoms with Gasteiger partial charge in [0.1, 0.15) is 11.9 Å². The van der Waals surface area contributed by atoms with Gasteiger partial charge in [-0.05, 0) is 43.0 Å². The highest BCUT2D eigenvalue weighted by Crippen LogP contribution is 2.37. The maximum atomic E-state index is 6.05. The van der Waals surface area contributed by atoms with Crippen LogP contribution < -0.4 is 15.5 Å². The molecule has 5 nitrogen and oxygen atoms in total. The molecule has 2 aliphatic rings. The highest BCUT2D eigenvalue weighted by Gasteiger charge is 2.25. The van der Waals surface area contributed by atoms with E-state index in [1.165, 1.54) is 16.8 Å². The molecule has 116 valence electrons. The van der Waals surface area contributed by atoms with Crippen LogP contribution in [0.1, 0.15) is 18.1 Å². The number of nitrogens with two attached hydrogens (primary N) is 1. The Morgan fingerprint density at radius 3 is 2.71 bits per heavy atom. The van der Waals surface area contributed by atoms with E-state index in [0.717, 1.165) is 51.4 Å². The van der Waals surface area contributed by atoms with Crippen LogP contribution in [0.2, 0.25) is 0 Å². The molecule has 2 N–H and O–H groups in total. The van der Waals surface area contributed by atoms with E-state index < -0.39 is 0 Å². The molecule has 0 amide bonds. The number of fused-ring (bicyclic) bond motifs is 2. The predicted octanol–water partition coefficient (Wildman–Crippen LogP) is 1.19. The normalized spacial score (nSPS) is 22.2. The number of nitrogens with zero attached hydrogens (tertiary/aromatic N) is 2. The van der Waals surface area contributed by atoms with Gasteiger partial charge in [0.25, 0.3) is 0 Å². The Labute approximate surface area is 126 Å². The molecule has 1 aromatic carbocycles. The monoisotopic (exact) mass is 291 g/mol. The van der Waals surface area contributed by atoms with Gasteiger partial charge in [0.05, 0.1) is 18.8 Å². The van der Waals surface area contributed by atoms with Gasteiger partial charge in [-0.15, -0.1) is 0 Å². The first kappa shape index (κ1) is 14.6. The van der Waals surface area contributed by atoms with Crippen LogP contribution in [-0.4, -0.2) is 51.0 Å². The van der Waals surface area contributed by atoms with Crippen molar-refractivity contribution in [2.45, 2.75) is 25.9 Å². The minimum Gasteiger partial charge on any atom is -0.487 e. The summed E-state index contributed by atoms with van der Waals surface area (Å²) in [6.07, 6.45) is 2.21. The second kappa shape index (κ2) is 6.22. The van der Waals surface area contributed by atoms with E-state index in [9.17, 15) is 0 Å². The van der Waals surface area contributed by atoms with E-state index in [4.69, 9.17) is 15.3 Å². The first-order valence-corrected chi connectivity index (χ1v) is 7.73. The van der Waals surface area contributed by atoms with Gasteiger partial charge >= 0.3 is 0 Å². The van der Waals surface area contributed by atoms with Gasteiger partial charge in [0.2, 0.25) is 0 Å². The lowest BCUT2D eigenvalue weighted by Crippen LogP contribution is -2.40. The van der Waals surface area contributed by atoms with Crippen LogP contribution in [0.5, 0.6) is 5.75 Å². The summed E-state index contributed by atoms with van der Waals surface area (Å²) in [6.45, 7) is 6.50. The Bertz CT molecular complexity index is 507. The van der Waals surface area contributed by atoms with Crippen LogP contribution in [-0.2, 0) is 17.6 Å². The van der Waals surface area contributed by atoms with Gasteiger partial charge in [-0.25, -0.2) is 5.01 Å². The van der Waals surface area contributed by atoms with Crippen LogP contribution in [0.15, 0.2) is 12.1 Å². The summed E-state index contributed by atoms with van der Waals surface area (Å²) < 4.78 is 11.3. The Morgan fingerprint density at radius 2 is 2.00 bits per heavy atom. The summed E-state index contributed by atoms with van der Waals surface area (Å²) in [7, 11) is 1.75. The fourth-order valence-electron chi connectivity index (χ4n) is 3.18. The van der Waals surface area contributed by atoms with Crippen LogP contribution in [0.3, 0.4) is 0 Å². The second-order valence-electron chi connectivity index (χ2n) is 5.99. The lowest BCUT2D eigenvalue weighted by atomic mass is 10.00. The maximum absolute atomic E-state index is 6.05. The molecule has 1 atom stereocenters. The number of hydrazine groups is 1. The average Bonchev–Trinajstić information content (AvgIpc) is 2.65. The molecule has 1 unspecified atom stereocenters. The van der Waals surface area contributed by atoms with Gasteiger partial charge in [-0.2, -0.15) is 0 Å². The number of benzene rings is 1. The quantitative estimate of drug-likeness (QED) is 0.848. The Kier molecular flexibility index (Phi) is 4.33. The van der Waals surface area contributed by atoms with Crippen molar-refractivity contribution >= 4 is 5.69 Å². The summed E-state index contributed by atoms with van der Waals surface area (Å²) in [5.74, 6) is 6.97. The molecule has 0 radical (unpaired) electrons. The Hall–Kier alpha value is -1.30. The summed E-state index contributed by atoms with van der Waals surface area (Å²) >= 11 is 0. The molecular formula is C16H25N3O2. The third-order valence-corrected chi connectivity index (χ3v) is 4.33. The zero-order chi connectivity index (χ0) is 14.8. The number of methoxy groups -OCH3 is 1. The maximum Gasteiger partial charge on any atom is 0.143 e. The van der Waals surface area contributed by atoms with Crippen molar-refractivity contribution in [3.05, 3.63) is 23.3 Å². The van der Waals surface area contributed by atoms with Crippen molar-refractivity contribution in [3.8, 4) is 5.75 Å². The third kappa shape index (κ3) is 3.15. The van der Waals surface area contributed by atoms with Crippen LogP contribution in [0.25, 0.3) is 0 Å². The van der Waals surface area contributed by atoms with E-state index in [2.05, 4.69) is 24.0 Å².